The van der Waals surface area contributed by atoms with E-state index in [1.807, 2.05) is 109 Å². The van der Waals surface area contributed by atoms with E-state index in [1.165, 1.54) is 0 Å². The second-order valence-electron chi connectivity index (χ2n) is 11.5. The van der Waals surface area contributed by atoms with Crippen molar-refractivity contribution in [2.24, 2.45) is 0 Å². The molecule has 0 amide bonds. The average molecular weight is 700 g/mol. The lowest BCUT2D eigenvalue weighted by Crippen LogP contribution is -2.50. The molecule has 47 heavy (non-hydrogen) atoms. The summed E-state index contributed by atoms with van der Waals surface area (Å²) < 4.78 is 38.4. The van der Waals surface area contributed by atoms with Gasteiger partial charge in [0.15, 0.2) is 0 Å². The third-order valence-electron chi connectivity index (χ3n) is 8.45. The van der Waals surface area contributed by atoms with Gasteiger partial charge in [-0.15, -0.1) is 0 Å². The van der Waals surface area contributed by atoms with E-state index >= 15 is 0 Å². The molecule has 1 aliphatic rings. The number of phenols is 1. The number of benzene rings is 5. The van der Waals surface area contributed by atoms with Crippen molar-refractivity contribution in [3.05, 3.63) is 136 Å². The molecule has 244 valence electrons. The first kappa shape index (κ1) is 33.0. The average Bonchev–Trinajstić information content (AvgIpc) is 3.11. The van der Waals surface area contributed by atoms with E-state index in [1.54, 1.807) is 14.2 Å². The highest BCUT2D eigenvalue weighted by Crippen LogP contribution is 2.48. The lowest BCUT2D eigenvalue weighted by Gasteiger charge is -2.42. The minimum absolute atomic E-state index is 0.0679. The van der Waals surface area contributed by atoms with Crippen molar-refractivity contribution in [3.8, 4) is 17.2 Å². The molecule has 1 saturated heterocycles. The van der Waals surface area contributed by atoms with Gasteiger partial charge in [0.25, 0.3) is 0 Å². The zero-order valence-corrected chi connectivity index (χ0v) is 28.1. The van der Waals surface area contributed by atoms with Crippen LogP contribution in [0.1, 0.15) is 34.8 Å². The van der Waals surface area contributed by atoms with E-state index < -0.39 is 18.3 Å². The van der Waals surface area contributed by atoms with Crippen molar-refractivity contribution in [1.29, 1.82) is 0 Å². The third-order valence-corrected chi connectivity index (χ3v) is 9.04. The van der Waals surface area contributed by atoms with Crippen LogP contribution < -0.4 is 9.47 Å². The molecule has 1 fully saturated rings. The fourth-order valence-electron chi connectivity index (χ4n) is 6.10. The summed E-state index contributed by atoms with van der Waals surface area (Å²) in [5, 5.41) is 13.1. The molecule has 0 bridgehead atoms. The predicted octanol–water partition coefficient (Wildman–Crippen LogP) is 8.54. The molecule has 0 radical (unpaired) electrons. The highest BCUT2D eigenvalue weighted by atomic mass is 79.9. The Morgan fingerprint density at radius 2 is 1.34 bits per heavy atom. The summed E-state index contributed by atoms with van der Waals surface area (Å²) in [6.07, 6.45) is -1.35. The Labute approximate surface area is 284 Å². The smallest absolute Gasteiger partial charge is 0.144 e. The molecule has 1 aliphatic heterocycles. The Kier molecular flexibility index (Phi) is 11.1. The zero-order valence-electron chi connectivity index (χ0n) is 26.5. The van der Waals surface area contributed by atoms with Crippen molar-refractivity contribution >= 4 is 26.7 Å². The quantitative estimate of drug-likeness (QED) is 0.132. The van der Waals surface area contributed by atoms with Crippen LogP contribution in [0.2, 0.25) is 0 Å². The van der Waals surface area contributed by atoms with Gasteiger partial charge in [0.2, 0.25) is 0 Å². The van der Waals surface area contributed by atoms with E-state index in [9.17, 15) is 5.11 Å². The molecule has 5 aromatic rings. The molecule has 0 saturated carbocycles. The highest BCUT2D eigenvalue weighted by molar-refractivity contribution is 9.10. The molecule has 5 aromatic carbocycles. The monoisotopic (exact) mass is 698 g/mol. The normalized spacial score (nSPS) is 19.5. The van der Waals surface area contributed by atoms with Crippen LogP contribution in [0.3, 0.4) is 0 Å². The van der Waals surface area contributed by atoms with Crippen LogP contribution in [0.4, 0.5) is 0 Å². The first-order valence-corrected chi connectivity index (χ1v) is 16.5. The molecular weight excluding hydrogens is 660 g/mol. The van der Waals surface area contributed by atoms with Gasteiger partial charge in [-0.05, 0) is 44.8 Å². The van der Waals surface area contributed by atoms with Crippen LogP contribution >= 0.6 is 15.9 Å². The van der Waals surface area contributed by atoms with Gasteiger partial charge in [-0.2, -0.15) is 0 Å². The molecule has 1 heterocycles. The van der Waals surface area contributed by atoms with Gasteiger partial charge in [-0.25, -0.2) is 0 Å². The Bertz CT molecular complexity index is 1730. The van der Waals surface area contributed by atoms with Crippen LogP contribution in [0.5, 0.6) is 17.2 Å². The van der Waals surface area contributed by atoms with Crippen LogP contribution in [0.15, 0.2) is 114 Å². The minimum atomic E-state index is -0.517. The predicted molar refractivity (Wildman–Crippen MR) is 185 cm³/mol. The van der Waals surface area contributed by atoms with Crippen molar-refractivity contribution < 1.29 is 33.5 Å². The summed E-state index contributed by atoms with van der Waals surface area (Å²) in [5.41, 5.74) is 3.81. The number of fused-ring (bicyclic) bond motifs is 1. The van der Waals surface area contributed by atoms with E-state index in [2.05, 4.69) is 15.9 Å². The standard InChI is InChI=1S/C39H39BrO7/c1-42-32-20-31(40)38(43-2)36-29(32)18-19-30(37(36)41)33-21-34(45-23-27-14-8-4-9-15-27)39(46-24-28-16-10-5-11-17-28)35(47-33)25-44-22-26-12-6-3-7-13-26/h3-20,33-35,39,41H,21-25H2,1-2H3/t33-,34-,35-,39+/m1/s1. The Morgan fingerprint density at radius 3 is 1.94 bits per heavy atom. The molecule has 0 aromatic heterocycles. The van der Waals surface area contributed by atoms with Crippen LogP contribution in [-0.4, -0.2) is 44.2 Å². The van der Waals surface area contributed by atoms with Gasteiger partial charge in [-0.1, -0.05) is 97.1 Å². The number of methoxy groups -OCH3 is 2. The van der Waals surface area contributed by atoms with Crippen LogP contribution in [-0.2, 0) is 38.8 Å². The van der Waals surface area contributed by atoms with Crippen LogP contribution in [0.25, 0.3) is 10.8 Å². The Hall–Kier alpha value is -3.92. The van der Waals surface area contributed by atoms with E-state index in [0.29, 0.717) is 53.2 Å². The summed E-state index contributed by atoms with van der Waals surface area (Å²) in [6.45, 7) is 1.50. The number of rotatable bonds is 13. The summed E-state index contributed by atoms with van der Waals surface area (Å²) in [4.78, 5) is 0. The fraction of sp³-hybridized carbons (Fsp3) is 0.282. The molecule has 0 spiro atoms. The summed E-state index contributed by atoms with van der Waals surface area (Å²) in [6, 6.07) is 35.9. The van der Waals surface area contributed by atoms with E-state index in [-0.39, 0.29) is 18.5 Å². The molecular formula is C39H39BrO7. The second kappa shape index (κ2) is 15.8. The van der Waals surface area contributed by atoms with Crippen molar-refractivity contribution in [3.63, 3.8) is 0 Å². The lowest BCUT2D eigenvalue weighted by molar-refractivity contribution is -0.222. The molecule has 6 rings (SSSR count). The molecule has 0 unspecified atom stereocenters. The van der Waals surface area contributed by atoms with E-state index in [4.69, 9.17) is 28.4 Å². The van der Waals surface area contributed by atoms with Gasteiger partial charge in [-0.3, -0.25) is 0 Å². The SMILES string of the molecule is COc1cc(Br)c(OC)c2c(O)c([C@H]3C[C@@H](OCc4ccccc4)[C@H](OCc4ccccc4)[C@@H](COCc4ccccc4)O3)ccc12. The number of phenolic OH excluding ortho intramolecular Hbond substituents is 1. The van der Waals surface area contributed by atoms with Crippen molar-refractivity contribution in [2.75, 3.05) is 20.8 Å². The number of halogens is 1. The van der Waals surface area contributed by atoms with Gasteiger partial charge in [0.1, 0.15) is 29.5 Å². The third kappa shape index (κ3) is 7.80. The highest BCUT2D eigenvalue weighted by Gasteiger charge is 2.42. The number of hydrogen-bond donors (Lipinski definition) is 1. The Morgan fingerprint density at radius 1 is 0.745 bits per heavy atom. The van der Waals surface area contributed by atoms with Gasteiger partial charge in [0.05, 0.1) is 62.7 Å². The molecule has 4 atom stereocenters. The molecule has 7 nitrogen and oxygen atoms in total. The maximum Gasteiger partial charge on any atom is 0.144 e. The number of hydrogen-bond acceptors (Lipinski definition) is 7. The first-order chi connectivity index (χ1) is 23.1. The van der Waals surface area contributed by atoms with Crippen molar-refractivity contribution in [2.45, 2.75) is 50.7 Å². The topological polar surface area (TPSA) is 75.6 Å². The second-order valence-corrected chi connectivity index (χ2v) is 12.4. The zero-order chi connectivity index (χ0) is 32.6. The maximum atomic E-state index is 11.8. The molecule has 8 heteroatoms. The minimum Gasteiger partial charge on any atom is -0.507 e. The van der Waals surface area contributed by atoms with Crippen molar-refractivity contribution in [1.82, 2.24) is 0 Å². The molecule has 1 N–H and O–H groups in total. The van der Waals surface area contributed by atoms with Gasteiger partial charge < -0.3 is 33.5 Å². The van der Waals surface area contributed by atoms with Gasteiger partial charge in [0, 0.05) is 17.4 Å². The lowest BCUT2D eigenvalue weighted by atomic mass is 9.91. The van der Waals surface area contributed by atoms with Crippen LogP contribution in [0, 0.1) is 0 Å². The summed E-state index contributed by atoms with van der Waals surface area (Å²) >= 11 is 3.58. The molecule has 0 aliphatic carbocycles. The van der Waals surface area contributed by atoms with E-state index in [0.717, 1.165) is 22.1 Å². The Balaban J connectivity index is 1.35. The van der Waals surface area contributed by atoms with Gasteiger partial charge >= 0.3 is 0 Å². The summed E-state index contributed by atoms with van der Waals surface area (Å²) in [5.74, 6) is 1.20. The number of aromatic hydroxyl groups is 1. The largest absolute Gasteiger partial charge is 0.507 e. The number of ether oxygens (including phenoxy) is 6. The first-order valence-electron chi connectivity index (χ1n) is 15.7. The summed E-state index contributed by atoms with van der Waals surface area (Å²) in [7, 11) is 3.19. The maximum absolute atomic E-state index is 11.8. The fourth-order valence-corrected chi connectivity index (χ4v) is 6.67.